The molecule has 24 heavy (non-hydrogen) atoms. The van der Waals surface area contributed by atoms with Gasteiger partial charge in [0, 0.05) is 26.2 Å². The Labute approximate surface area is 141 Å². The van der Waals surface area contributed by atoms with Crippen LogP contribution >= 0.6 is 0 Å². The molecule has 1 amide bonds. The Bertz CT molecular complexity index is 607. The quantitative estimate of drug-likeness (QED) is 0.917. The van der Waals surface area contributed by atoms with E-state index in [2.05, 4.69) is 9.88 Å². The molecule has 5 nitrogen and oxygen atoms in total. The molecule has 1 aromatic heterocycles. The van der Waals surface area contributed by atoms with Gasteiger partial charge in [0.2, 0.25) is 5.91 Å². The molecule has 1 atom stereocenters. The fourth-order valence-electron chi connectivity index (χ4n) is 4.18. The summed E-state index contributed by atoms with van der Waals surface area (Å²) >= 11 is 0. The van der Waals surface area contributed by atoms with Gasteiger partial charge in [-0.25, -0.2) is 9.37 Å². The van der Waals surface area contributed by atoms with Crippen molar-refractivity contribution in [2.45, 2.75) is 38.2 Å². The van der Waals surface area contributed by atoms with Crippen molar-refractivity contribution in [3.05, 3.63) is 24.1 Å². The molecule has 3 fully saturated rings. The Hall–Kier alpha value is -1.69. The number of nitrogens with zero attached hydrogens (tertiary/aromatic N) is 3. The van der Waals surface area contributed by atoms with Gasteiger partial charge in [-0.1, -0.05) is 0 Å². The molecule has 1 aromatic rings. The standard InChI is InChI=1S/C18H24FN3O2/c19-14-3-4-16(20-10-14)21-7-5-18(6-8-21)9-15(23)12-22(17(18)24)11-13-1-2-13/h3-4,10,13,15,23H,1-2,5-9,11-12H2. The van der Waals surface area contributed by atoms with Crippen LogP contribution in [0.2, 0.25) is 0 Å². The maximum Gasteiger partial charge on any atom is 0.229 e. The van der Waals surface area contributed by atoms with Crippen LogP contribution in [0, 0.1) is 17.2 Å². The third kappa shape index (κ3) is 2.99. The van der Waals surface area contributed by atoms with E-state index in [-0.39, 0.29) is 11.7 Å². The van der Waals surface area contributed by atoms with Crippen LogP contribution in [0.1, 0.15) is 32.1 Å². The van der Waals surface area contributed by atoms with Crippen LogP contribution in [-0.4, -0.2) is 53.2 Å². The molecule has 0 radical (unpaired) electrons. The summed E-state index contributed by atoms with van der Waals surface area (Å²) in [7, 11) is 0. The molecular formula is C18H24FN3O2. The first-order valence-electron chi connectivity index (χ1n) is 8.90. The Morgan fingerprint density at radius 3 is 2.67 bits per heavy atom. The molecule has 1 spiro atoms. The van der Waals surface area contributed by atoms with Crippen LogP contribution in [0.4, 0.5) is 10.2 Å². The van der Waals surface area contributed by atoms with Gasteiger partial charge in [-0.2, -0.15) is 0 Å². The largest absolute Gasteiger partial charge is 0.391 e. The maximum atomic E-state index is 13.0. The van der Waals surface area contributed by atoms with E-state index in [1.165, 1.54) is 25.1 Å². The highest BCUT2D eigenvalue weighted by Crippen LogP contribution is 2.43. The maximum absolute atomic E-state index is 13.0. The van der Waals surface area contributed by atoms with E-state index < -0.39 is 11.5 Å². The van der Waals surface area contributed by atoms with E-state index in [4.69, 9.17) is 0 Å². The summed E-state index contributed by atoms with van der Waals surface area (Å²) in [6, 6.07) is 3.10. The number of likely N-dealkylation sites (tertiary alicyclic amines) is 1. The first-order valence-corrected chi connectivity index (χ1v) is 8.90. The van der Waals surface area contributed by atoms with E-state index in [1.807, 2.05) is 4.90 Å². The number of carbonyl (C=O) groups is 1. The highest BCUT2D eigenvalue weighted by atomic mass is 19.1. The summed E-state index contributed by atoms with van der Waals surface area (Å²) in [6.07, 6.45) is 5.24. The fourth-order valence-corrected chi connectivity index (χ4v) is 4.18. The molecule has 1 N–H and O–H groups in total. The van der Waals surface area contributed by atoms with Gasteiger partial charge >= 0.3 is 0 Å². The number of piperidine rings is 2. The van der Waals surface area contributed by atoms with Crippen molar-refractivity contribution >= 4 is 11.7 Å². The summed E-state index contributed by atoms with van der Waals surface area (Å²) < 4.78 is 13.0. The predicted octanol–water partition coefficient (Wildman–Crippen LogP) is 1.81. The second-order valence-electron chi connectivity index (χ2n) is 7.61. The Kier molecular flexibility index (Phi) is 3.95. The van der Waals surface area contributed by atoms with Gasteiger partial charge in [-0.05, 0) is 50.2 Å². The summed E-state index contributed by atoms with van der Waals surface area (Å²) in [4.78, 5) is 21.2. The topological polar surface area (TPSA) is 56.7 Å². The molecule has 4 rings (SSSR count). The third-order valence-electron chi connectivity index (χ3n) is 5.73. The smallest absolute Gasteiger partial charge is 0.229 e. The molecule has 6 heteroatoms. The second-order valence-corrected chi connectivity index (χ2v) is 7.61. The van der Waals surface area contributed by atoms with Crippen LogP contribution in [0.15, 0.2) is 18.3 Å². The molecule has 1 saturated carbocycles. The number of aliphatic hydroxyl groups is 1. The molecule has 2 aliphatic heterocycles. The van der Waals surface area contributed by atoms with Crippen molar-refractivity contribution in [1.29, 1.82) is 0 Å². The van der Waals surface area contributed by atoms with Gasteiger partial charge in [0.05, 0.1) is 17.7 Å². The number of hydrogen-bond donors (Lipinski definition) is 1. The number of rotatable bonds is 3. The molecule has 1 unspecified atom stereocenters. The lowest BCUT2D eigenvalue weighted by Gasteiger charge is -2.48. The van der Waals surface area contributed by atoms with E-state index in [0.717, 1.165) is 25.2 Å². The van der Waals surface area contributed by atoms with Crippen molar-refractivity contribution in [3.63, 3.8) is 0 Å². The summed E-state index contributed by atoms with van der Waals surface area (Å²) in [5.41, 5.74) is -0.427. The van der Waals surface area contributed by atoms with Crippen molar-refractivity contribution in [2.75, 3.05) is 31.1 Å². The number of halogens is 1. The van der Waals surface area contributed by atoms with Gasteiger partial charge in [-0.3, -0.25) is 4.79 Å². The zero-order valence-electron chi connectivity index (χ0n) is 13.8. The minimum Gasteiger partial charge on any atom is -0.391 e. The van der Waals surface area contributed by atoms with Gasteiger partial charge in [0.15, 0.2) is 0 Å². The normalized spacial score (nSPS) is 26.9. The molecule has 1 aliphatic carbocycles. The van der Waals surface area contributed by atoms with Gasteiger partial charge < -0.3 is 14.9 Å². The van der Waals surface area contributed by atoms with Gasteiger partial charge in [0.25, 0.3) is 0 Å². The number of aromatic nitrogens is 1. The third-order valence-corrected chi connectivity index (χ3v) is 5.73. The molecule has 3 aliphatic rings. The van der Waals surface area contributed by atoms with Crippen LogP contribution in [-0.2, 0) is 4.79 Å². The predicted molar refractivity (Wildman–Crippen MR) is 88.0 cm³/mol. The fraction of sp³-hybridized carbons (Fsp3) is 0.667. The zero-order chi connectivity index (χ0) is 16.7. The summed E-state index contributed by atoms with van der Waals surface area (Å²) in [5.74, 6) is 1.28. The molecule has 0 bridgehead atoms. The Morgan fingerprint density at radius 1 is 1.29 bits per heavy atom. The summed E-state index contributed by atoms with van der Waals surface area (Å²) in [6.45, 7) is 2.73. The zero-order valence-corrected chi connectivity index (χ0v) is 13.8. The minimum absolute atomic E-state index is 0.228. The molecule has 2 saturated heterocycles. The second kappa shape index (κ2) is 5.99. The minimum atomic E-state index is -0.427. The van der Waals surface area contributed by atoms with E-state index in [1.54, 1.807) is 6.07 Å². The highest BCUT2D eigenvalue weighted by molar-refractivity contribution is 5.84. The van der Waals surface area contributed by atoms with Crippen LogP contribution < -0.4 is 4.90 Å². The lowest BCUT2D eigenvalue weighted by Crippen LogP contribution is -2.58. The molecule has 3 heterocycles. The number of anilines is 1. The Morgan fingerprint density at radius 2 is 2.04 bits per heavy atom. The monoisotopic (exact) mass is 333 g/mol. The van der Waals surface area contributed by atoms with Gasteiger partial charge in [0.1, 0.15) is 11.6 Å². The average Bonchev–Trinajstić information content (AvgIpc) is 3.38. The van der Waals surface area contributed by atoms with Crippen LogP contribution in [0.25, 0.3) is 0 Å². The lowest BCUT2D eigenvalue weighted by atomic mass is 9.71. The molecule has 130 valence electrons. The van der Waals surface area contributed by atoms with Crippen molar-refractivity contribution < 1.29 is 14.3 Å². The molecule has 0 aromatic carbocycles. The number of pyridine rings is 1. The van der Waals surface area contributed by atoms with Crippen molar-refractivity contribution in [3.8, 4) is 0 Å². The van der Waals surface area contributed by atoms with Gasteiger partial charge in [-0.15, -0.1) is 0 Å². The highest BCUT2D eigenvalue weighted by Gasteiger charge is 2.49. The van der Waals surface area contributed by atoms with E-state index in [0.29, 0.717) is 32.0 Å². The van der Waals surface area contributed by atoms with E-state index >= 15 is 0 Å². The SMILES string of the molecule is O=C1N(CC2CC2)CC(O)CC12CCN(c1ccc(F)cn1)CC2. The number of aliphatic hydroxyl groups excluding tert-OH is 1. The van der Waals surface area contributed by atoms with Crippen molar-refractivity contribution in [1.82, 2.24) is 9.88 Å². The first kappa shape index (κ1) is 15.8. The molecular weight excluding hydrogens is 309 g/mol. The van der Waals surface area contributed by atoms with Crippen LogP contribution in [0.5, 0.6) is 0 Å². The Balaban J connectivity index is 1.45. The average molecular weight is 333 g/mol. The first-order chi connectivity index (χ1) is 11.6. The number of amides is 1. The number of hydrogen-bond acceptors (Lipinski definition) is 4. The van der Waals surface area contributed by atoms with Crippen molar-refractivity contribution in [2.24, 2.45) is 11.3 Å². The summed E-state index contributed by atoms with van der Waals surface area (Å²) in [5, 5.41) is 10.3. The van der Waals surface area contributed by atoms with Crippen LogP contribution in [0.3, 0.4) is 0 Å². The number of β-amino-alcohol motifs (C(OH)–C–C–N with tert-alkyl or cyclic N) is 1. The number of carbonyl (C=O) groups excluding carboxylic acids is 1. The van der Waals surface area contributed by atoms with E-state index in [9.17, 15) is 14.3 Å². The lowest BCUT2D eigenvalue weighted by molar-refractivity contribution is -0.154.